The summed E-state index contributed by atoms with van der Waals surface area (Å²) >= 11 is 5.08. The van der Waals surface area contributed by atoms with Crippen LogP contribution in [0.25, 0.3) is 5.82 Å². The molecule has 1 amide bonds. The van der Waals surface area contributed by atoms with Crippen molar-refractivity contribution < 1.29 is 9.32 Å². The molecule has 2 heterocycles. The maximum atomic E-state index is 12.3. The van der Waals surface area contributed by atoms with Gasteiger partial charge in [-0.1, -0.05) is 5.16 Å². The molecule has 0 bridgehead atoms. The Morgan fingerprint density at radius 3 is 2.52 bits per heavy atom. The van der Waals surface area contributed by atoms with Crippen LogP contribution >= 0.6 is 12.2 Å². The van der Waals surface area contributed by atoms with Gasteiger partial charge in [0.2, 0.25) is 0 Å². The predicted octanol–water partition coefficient (Wildman–Crippen LogP) is 1.91. The van der Waals surface area contributed by atoms with Crippen LogP contribution in [-0.2, 0) is 0 Å². The van der Waals surface area contributed by atoms with Crippen molar-refractivity contribution in [2.75, 3.05) is 0 Å². The van der Waals surface area contributed by atoms with Crippen LogP contribution in [0.1, 0.15) is 41.4 Å². The van der Waals surface area contributed by atoms with E-state index in [4.69, 9.17) is 16.7 Å². The molecule has 2 aromatic heterocycles. The Hall–Kier alpha value is -2.35. The van der Waals surface area contributed by atoms with Crippen LogP contribution in [0.2, 0.25) is 0 Å². The first-order valence-corrected chi connectivity index (χ1v) is 7.70. The third-order valence-corrected chi connectivity index (χ3v) is 3.45. The standard InChI is InChI=1S/C15H21N5O2S/c1-8(2)16-15(23)18-17-14(21)12-6-9(3)20(11(12)5)13-7-10(4)22-19-13/h6-8H,1-5H3,(H,17,21)(H2,16,18,23). The largest absolute Gasteiger partial charge is 0.360 e. The van der Waals surface area contributed by atoms with Crippen LogP contribution in [0.15, 0.2) is 16.7 Å². The second-order valence-electron chi connectivity index (χ2n) is 5.62. The van der Waals surface area contributed by atoms with E-state index in [2.05, 4.69) is 21.3 Å². The maximum absolute atomic E-state index is 12.3. The lowest BCUT2D eigenvalue weighted by Gasteiger charge is -2.13. The van der Waals surface area contributed by atoms with E-state index < -0.39 is 0 Å². The van der Waals surface area contributed by atoms with Crippen molar-refractivity contribution in [2.45, 2.75) is 40.7 Å². The van der Waals surface area contributed by atoms with Gasteiger partial charge in [0.25, 0.3) is 5.91 Å². The Morgan fingerprint density at radius 1 is 1.26 bits per heavy atom. The minimum Gasteiger partial charge on any atom is -0.360 e. The van der Waals surface area contributed by atoms with Crippen molar-refractivity contribution >= 4 is 23.2 Å². The normalized spacial score (nSPS) is 10.7. The molecule has 3 N–H and O–H groups in total. The van der Waals surface area contributed by atoms with Crippen LogP contribution in [0.5, 0.6) is 0 Å². The van der Waals surface area contributed by atoms with E-state index in [0.29, 0.717) is 22.3 Å². The van der Waals surface area contributed by atoms with Crippen molar-refractivity contribution in [1.82, 2.24) is 25.9 Å². The number of nitrogens with one attached hydrogen (secondary N) is 3. The lowest BCUT2D eigenvalue weighted by atomic mass is 10.2. The summed E-state index contributed by atoms with van der Waals surface area (Å²) in [5.41, 5.74) is 7.49. The minimum absolute atomic E-state index is 0.187. The number of thiocarbonyl (C=S) groups is 1. The first-order chi connectivity index (χ1) is 10.8. The summed E-state index contributed by atoms with van der Waals surface area (Å²) in [6.45, 7) is 9.51. The van der Waals surface area contributed by atoms with Gasteiger partial charge in [0.05, 0.1) is 5.56 Å². The minimum atomic E-state index is -0.266. The Balaban J connectivity index is 2.15. The molecule has 0 spiro atoms. The molecule has 0 radical (unpaired) electrons. The number of aromatic nitrogens is 2. The number of aryl methyl sites for hydroxylation is 2. The van der Waals surface area contributed by atoms with Crippen LogP contribution in [0.3, 0.4) is 0 Å². The Labute approximate surface area is 140 Å². The summed E-state index contributed by atoms with van der Waals surface area (Å²) in [6.07, 6.45) is 0. The molecule has 23 heavy (non-hydrogen) atoms. The van der Waals surface area contributed by atoms with Gasteiger partial charge in [-0.25, -0.2) is 0 Å². The fraction of sp³-hybridized carbons (Fsp3) is 0.400. The third kappa shape index (κ3) is 3.89. The van der Waals surface area contributed by atoms with Crippen molar-refractivity contribution in [3.05, 3.63) is 34.8 Å². The van der Waals surface area contributed by atoms with E-state index in [1.54, 1.807) is 6.07 Å². The Morgan fingerprint density at radius 2 is 1.96 bits per heavy atom. The maximum Gasteiger partial charge on any atom is 0.271 e. The van der Waals surface area contributed by atoms with Crippen molar-refractivity contribution in [3.8, 4) is 5.82 Å². The van der Waals surface area contributed by atoms with Gasteiger partial charge in [-0.05, 0) is 52.9 Å². The van der Waals surface area contributed by atoms with Crippen LogP contribution in [0.4, 0.5) is 0 Å². The Bertz CT molecular complexity index is 732. The van der Waals surface area contributed by atoms with Crippen LogP contribution < -0.4 is 16.2 Å². The summed E-state index contributed by atoms with van der Waals surface area (Å²) < 4.78 is 6.98. The molecule has 8 heteroatoms. The van der Waals surface area contributed by atoms with Crippen LogP contribution in [0, 0.1) is 20.8 Å². The smallest absolute Gasteiger partial charge is 0.271 e. The van der Waals surface area contributed by atoms with E-state index in [-0.39, 0.29) is 11.9 Å². The molecule has 2 rings (SSSR count). The molecule has 0 unspecified atom stereocenters. The highest BCUT2D eigenvalue weighted by atomic mass is 32.1. The molecule has 2 aromatic rings. The predicted molar refractivity (Wildman–Crippen MR) is 91.5 cm³/mol. The summed E-state index contributed by atoms with van der Waals surface area (Å²) in [6, 6.07) is 3.81. The molecule has 0 saturated heterocycles. The van der Waals surface area contributed by atoms with Crippen molar-refractivity contribution in [2.24, 2.45) is 0 Å². The van der Waals surface area contributed by atoms with Crippen LogP contribution in [-0.4, -0.2) is 26.8 Å². The molecule has 0 aromatic carbocycles. The number of carbonyl (C=O) groups is 1. The second-order valence-corrected chi connectivity index (χ2v) is 6.03. The van der Waals surface area contributed by atoms with Gasteiger partial charge in [-0.15, -0.1) is 0 Å². The number of carbonyl (C=O) groups excluding carboxylic acids is 1. The summed E-state index contributed by atoms with van der Waals surface area (Å²) in [7, 11) is 0. The third-order valence-electron chi connectivity index (χ3n) is 3.23. The summed E-state index contributed by atoms with van der Waals surface area (Å²) in [5.74, 6) is 1.10. The van der Waals surface area contributed by atoms with Gasteiger partial charge < -0.3 is 9.84 Å². The quantitative estimate of drug-likeness (QED) is 0.587. The summed E-state index contributed by atoms with van der Waals surface area (Å²) in [5, 5.41) is 7.35. The molecule has 0 aliphatic carbocycles. The summed E-state index contributed by atoms with van der Waals surface area (Å²) in [4.78, 5) is 12.3. The van der Waals surface area contributed by atoms with Crippen molar-refractivity contribution in [1.29, 1.82) is 0 Å². The number of amides is 1. The van der Waals surface area contributed by atoms with E-state index in [1.165, 1.54) is 0 Å². The second kappa shape index (κ2) is 6.82. The van der Waals surface area contributed by atoms with Crippen molar-refractivity contribution in [3.63, 3.8) is 0 Å². The van der Waals surface area contributed by atoms with Gasteiger partial charge in [0.15, 0.2) is 10.9 Å². The number of nitrogens with zero attached hydrogens (tertiary/aromatic N) is 2. The highest BCUT2D eigenvalue weighted by Crippen LogP contribution is 2.20. The number of hydrazine groups is 1. The number of rotatable bonds is 3. The lowest BCUT2D eigenvalue weighted by Crippen LogP contribution is -2.48. The molecule has 124 valence electrons. The highest BCUT2D eigenvalue weighted by Gasteiger charge is 2.18. The number of hydrogen-bond acceptors (Lipinski definition) is 4. The van der Waals surface area contributed by atoms with Gasteiger partial charge in [0.1, 0.15) is 5.76 Å². The van der Waals surface area contributed by atoms with E-state index >= 15 is 0 Å². The van der Waals surface area contributed by atoms with Gasteiger partial charge in [-0.2, -0.15) is 0 Å². The zero-order valence-corrected chi connectivity index (χ0v) is 14.7. The molecule has 0 atom stereocenters. The monoisotopic (exact) mass is 335 g/mol. The fourth-order valence-electron chi connectivity index (χ4n) is 2.28. The topological polar surface area (TPSA) is 84.1 Å². The highest BCUT2D eigenvalue weighted by molar-refractivity contribution is 7.80. The Kier molecular flexibility index (Phi) is 5.05. The van der Waals surface area contributed by atoms with Gasteiger partial charge in [-0.3, -0.25) is 20.2 Å². The van der Waals surface area contributed by atoms with Gasteiger partial charge >= 0.3 is 0 Å². The first-order valence-electron chi connectivity index (χ1n) is 7.29. The zero-order chi connectivity index (χ0) is 17.1. The number of hydrogen-bond donors (Lipinski definition) is 3. The molecular weight excluding hydrogens is 314 g/mol. The SMILES string of the molecule is Cc1cc(-n2c(C)cc(C(=O)NNC(=S)NC(C)C)c2C)no1. The molecule has 7 nitrogen and oxygen atoms in total. The van der Waals surface area contributed by atoms with E-state index in [9.17, 15) is 4.79 Å². The molecule has 0 fully saturated rings. The molecule has 0 aliphatic rings. The zero-order valence-electron chi connectivity index (χ0n) is 13.9. The van der Waals surface area contributed by atoms with E-state index in [0.717, 1.165) is 11.4 Å². The average molecular weight is 335 g/mol. The first kappa shape index (κ1) is 17.0. The lowest BCUT2D eigenvalue weighted by molar-refractivity contribution is 0.0943. The molecule has 0 saturated carbocycles. The fourth-order valence-corrected chi connectivity index (χ4v) is 2.57. The molecular formula is C15H21N5O2S. The average Bonchev–Trinajstić information content (AvgIpc) is 2.99. The van der Waals surface area contributed by atoms with Gasteiger partial charge in [0, 0.05) is 23.5 Å². The van der Waals surface area contributed by atoms with E-state index in [1.807, 2.05) is 45.3 Å². The molecule has 0 aliphatic heterocycles.